The van der Waals surface area contributed by atoms with Crippen molar-refractivity contribution in [3.8, 4) is 0 Å². The Labute approximate surface area is 192 Å². The maximum atomic E-state index is 13.3. The molecular weight excluding hydrogens is 418 g/mol. The van der Waals surface area contributed by atoms with E-state index in [0.29, 0.717) is 24.6 Å². The first-order valence-electron chi connectivity index (χ1n) is 11.3. The molecular formula is C26H27N3O2S. The molecule has 5 rings (SSSR count). The van der Waals surface area contributed by atoms with Gasteiger partial charge in [-0.25, -0.2) is 4.98 Å². The normalized spacial score (nSPS) is 15.8. The number of carbonyl (C=O) groups is 2. The average Bonchev–Trinajstić information content (AvgIpc) is 3.18. The number of aromatic nitrogens is 1. The zero-order valence-electron chi connectivity index (χ0n) is 18.0. The summed E-state index contributed by atoms with van der Waals surface area (Å²) in [5.41, 5.74) is 3.33. The molecule has 1 aliphatic carbocycles. The van der Waals surface area contributed by atoms with E-state index in [9.17, 15) is 9.59 Å². The summed E-state index contributed by atoms with van der Waals surface area (Å²) in [7, 11) is 0. The number of hydrogen-bond acceptors (Lipinski definition) is 4. The molecule has 0 radical (unpaired) electrons. The van der Waals surface area contributed by atoms with Crippen molar-refractivity contribution in [2.45, 2.75) is 44.6 Å². The number of nitrogens with one attached hydrogen (secondary N) is 1. The molecule has 2 aliphatic rings. The van der Waals surface area contributed by atoms with Gasteiger partial charge in [0, 0.05) is 36.1 Å². The molecule has 0 unspecified atom stereocenters. The second-order valence-corrected chi connectivity index (χ2v) is 9.73. The van der Waals surface area contributed by atoms with Crippen LogP contribution in [0.5, 0.6) is 0 Å². The third-order valence-corrected chi connectivity index (χ3v) is 7.57. The number of carbonyl (C=O) groups excluding carboxylic acids is 2. The van der Waals surface area contributed by atoms with Gasteiger partial charge in [-0.2, -0.15) is 0 Å². The van der Waals surface area contributed by atoms with E-state index < -0.39 is 0 Å². The van der Waals surface area contributed by atoms with Gasteiger partial charge in [0.1, 0.15) is 0 Å². The van der Waals surface area contributed by atoms with Gasteiger partial charge in [-0.05, 0) is 24.0 Å². The lowest BCUT2D eigenvalue weighted by atomic mass is 9.85. The Kier molecular flexibility index (Phi) is 6.04. The average molecular weight is 446 g/mol. The topological polar surface area (TPSA) is 62.3 Å². The lowest BCUT2D eigenvalue weighted by molar-refractivity contribution is -0.132. The van der Waals surface area contributed by atoms with Crippen molar-refractivity contribution in [3.63, 3.8) is 0 Å². The molecule has 164 valence electrons. The van der Waals surface area contributed by atoms with E-state index in [2.05, 4.69) is 34.6 Å². The lowest BCUT2D eigenvalue weighted by Gasteiger charge is -2.28. The lowest BCUT2D eigenvalue weighted by Crippen LogP contribution is -2.36. The van der Waals surface area contributed by atoms with Crippen molar-refractivity contribution in [1.82, 2.24) is 9.88 Å². The second-order valence-electron chi connectivity index (χ2n) is 8.65. The number of rotatable bonds is 6. The molecule has 2 heterocycles. The molecule has 6 heteroatoms. The smallest absolute Gasteiger partial charge is 0.229 e. The minimum atomic E-state index is 0.0325. The number of anilines is 1. The van der Waals surface area contributed by atoms with Crippen LogP contribution in [0.4, 0.5) is 5.13 Å². The van der Waals surface area contributed by atoms with Crippen LogP contribution in [0, 0.1) is 5.92 Å². The maximum Gasteiger partial charge on any atom is 0.229 e. The van der Waals surface area contributed by atoms with E-state index >= 15 is 0 Å². The highest BCUT2D eigenvalue weighted by Gasteiger charge is 2.29. The van der Waals surface area contributed by atoms with Crippen LogP contribution in [-0.4, -0.2) is 28.2 Å². The molecule has 2 amide bonds. The van der Waals surface area contributed by atoms with Crippen LogP contribution in [0.25, 0.3) is 0 Å². The predicted molar refractivity (Wildman–Crippen MR) is 127 cm³/mol. The van der Waals surface area contributed by atoms with Crippen molar-refractivity contribution < 1.29 is 9.59 Å². The van der Waals surface area contributed by atoms with Crippen molar-refractivity contribution in [2.24, 2.45) is 5.92 Å². The summed E-state index contributed by atoms with van der Waals surface area (Å²) >= 11 is 1.51. The van der Waals surface area contributed by atoms with E-state index in [1.165, 1.54) is 11.3 Å². The van der Waals surface area contributed by atoms with Gasteiger partial charge in [0.2, 0.25) is 11.8 Å². The molecule has 1 aromatic heterocycles. The summed E-state index contributed by atoms with van der Waals surface area (Å²) in [6.07, 6.45) is 4.26. The van der Waals surface area contributed by atoms with E-state index in [1.807, 2.05) is 41.3 Å². The van der Waals surface area contributed by atoms with Gasteiger partial charge in [0.05, 0.1) is 12.2 Å². The standard InChI is InChI=1S/C26H27N3O2S/c30-24(16-21(18-8-3-1-4-9-18)19-10-5-2-6-11-19)29-15-14-22-23(17-29)32-26(27-22)28-25(31)20-12-7-13-20/h1-6,8-11,20-21H,7,12-17H2,(H,27,28,31). The highest BCUT2D eigenvalue weighted by atomic mass is 32.1. The Balaban J connectivity index is 1.28. The zero-order valence-corrected chi connectivity index (χ0v) is 18.8. The van der Waals surface area contributed by atoms with Crippen molar-refractivity contribution in [1.29, 1.82) is 0 Å². The van der Waals surface area contributed by atoms with Crippen molar-refractivity contribution in [2.75, 3.05) is 11.9 Å². The number of nitrogens with zero attached hydrogens (tertiary/aromatic N) is 2. The molecule has 0 atom stereocenters. The van der Waals surface area contributed by atoms with Gasteiger partial charge in [-0.15, -0.1) is 0 Å². The van der Waals surface area contributed by atoms with Crippen LogP contribution >= 0.6 is 11.3 Å². The third-order valence-electron chi connectivity index (χ3n) is 6.57. The summed E-state index contributed by atoms with van der Waals surface area (Å²) in [4.78, 5) is 33.2. The molecule has 1 fully saturated rings. The third kappa shape index (κ3) is 4.46. The quantitative estimate of drug-likeness (QED) is 0.582. The molecule has 2 aromatic carbocycles. The second kappa shape index (κ2) is 9.25. The first-order chi connectivity index (χ1) is 15.7. The molecule has 1 saturated carbocycles. The Bertz CT molecular complexity index is 1050. The zero-order chi connectivity index (χ0) is 21.9. The van der Waals surface area contributed by atoms with Crippen LogP contribution in [0.3, 0.4) is 0 Å². The fourth-order valence-electron chi connectivity index (χ4n) is 4.44. The van der Waals surface area contributed by atoms with Gasteiger partial charge in [-0.3, -0.25) is 9.59 Å². The number of fused-ring (bicyclic) bond motifs is 1. The van der Waals surface area contributed by atoms with Gasteiger partial charge < -0.3 is 10.2 Å². The monoisotopic (exact) mass is 445 g/mol. The van der Waals surface area contributed by atoms with Gasteiger partial charge in [-0.1, -0.05) is 78.4 Å². The first kappa shape index (κ1) is 20.9. The fourth-order valence-corrected chi connectivity index (χ4v) is 5.47. The molecule has 32 heavy (non-hydrogen) atoms. The molecule has 1 aliphatic heterocycles. The van der Waals surface area contributed by atoms with Crippen LogP contribution in [0.15, 0.2) is 60.7 Å². The summed E-state index contributed by atoms with van der Waals surface area (Å²) in [5, 5.41) is 3.66. The molecule has 3 aromatic rings. The van der Waals surface area contributed by atoms with Gasteiger partial charge >= 0.3 is 0 Å². The summed E-state index contributed by atoms with van der Waals surface area (Å²) in [6, 6.07) is 20.5. The van der Waals surface area contributed by atoms with Gasteiger partial charge in [0.25, 0.3) is 0 Å². The van der Waals surface area contributed by atoms with Crippen molar-refractivity contribution >= 4 is 28.3 Å². The summed E-state index contributed by atoms with van der Waals surface area (Å²) < 4.78 is 0. The number of thiazole rings is 1. The summed E-state index contributed by atoms with van der Waals surface area (Å²) in [5.74, 6) is 0.414. The van der Waals surface area contributed by atoms with Crippen LogP contribution in [0.2, 0.25) is 0 Å². The molecule has 5 nitrogen and oxygen atoms in total. The summed E-state index contributed by atoms with van der Waals surface area (Å²) in [6.45, 7) is 1.24. The Morgan fingerprint density at radius 3 is 2.28 bits per heavy atom. The minimum Gasteiger partial charge on any atom is -0.337 e. The fraction of sp³-hybridized carbons (Fsp3) is 0.346. The van der Waals surface area contributed by atoms with E-state index in [-0.39, 0.29) is 23.7 Å². The number of amides is 2. The van der Waals surface area contributed by atoms with Crippen LogP contribution in [0.1, 0.15) is 53.3 Å². The maximum absolute atomic E-state index is 13.3. The van der Waals surface area contributed by atoms with E-state index in [4.69, 9.17) is 0 Å². The number of benzene rings is 2. The molecule has 0 spiro atoms. The molecule has 0 bridgehead atoms. The van der Waals surface area contributed by atoms with E-state index in [1.54, 1.807) is 0 Å². The van der Waals surface area contributed by atoms with Gasteiger partial charge in [0.15, 0.2) is 5.13 Å². The van der Waals surface area contributed by atoms with Crippen LogP contribution < -0.4 is 5.32 Å². The Morgan fingerprint density at radius 1 is 1.03 bits per heavy atom. The Hall–Kier alpha value is -2.99. The van der Waals surface area contributed by atoms with Crippen LogP contribution in [-0.2, 0) is 22.6 Å². The van der Waals surface area contributed by atoms with Crippen molar-refractivity contribution in [3.05, 3.63) is 82.4 Å². The molecule has 1 N–H and O–H groups in total. The predicted octanol–water partition coefficient (Wildman–Crippen LogP) is 4.99. The Morgan fingerprint density at radius 2 is 1.69 bits per heavy atom. The molecule has 0 saturated heterocycles. The number of hydrogen-bond donors (Lipinski definition) is 1. The first-order valence-corrected chi connectivity index (χ1v) is 12.2. The largest absolute Gasteiger partial charge is 0.337 e. The highest BCUT2D eigenvalue weighted by molar-refractivity contribution is 7.15. The minimum absolute atomic E-state index is 0.0325. The highest BCUT2D eigenvalue weighted by Crippen LogP contribution is 2.33. The SMILES string of the molecule is O=C(Nc1nc2c(s1)CN(C(=O)CC(c1ccccc1)c1ccccc1)CC2)C1CCC1. The van der Waals surface area contributed by atoms with E-state index in [0.717, 1.165) is 47.4 Å².